The lowest BCUT2D eigenvalue weighted by molar-refractivity contribution is -0.305. The van der Waals surface area contributed by atoms with E-state index in [1.165, 1.54) is 4.90 Å². The molecule has 1 aromatic rings. The monoisotopic (exact) mass is 545 g/mol. The van der Waals surface area contributed by atoms with E-state index in [1.807, 2.05) is 0 Å². The molecule has 12 heteroatoms. The van der Waals surface area contributed by atoms with Crippen LogP contribution < -0.4 is 15.7 Å². The van der Waals surface area contributed by atoms with Gasteiger partial charge in [0.25, 0.3) is 0 Å². The molecule has 0 aliphatic heterocycles. The maximum Gasteiger partial charge on any atom is 0.418 e. The average Bonchev–Trinajstić information content (AvgIpc) is 2.64. The zero-order valence-corrected chi connectivity index (χ0v) is 18.2. The van der Waals surface area contributed by atoms with Crippen LogP contribution in [0.2, 0.25) is 0 Å². The van der Waals surface area contributed by atoms with Gasteiger partial charge in [0.15, 0.2) is 0 Å². The fraction of sp³-hybridized carbons (Fsp3) is 0.471. The second kappa shape index (κ2) is 11.5. The highest BCUT2D eigenvalue weighted by molar-refractivity contribution is 9.09. The fourth-order valence-corrected chi connectivity index (χ4v) is 3.20. The SMILES string of the molecule is N[C@@H](CCC(=O)[O-])C(=O)OC(=O)c1ccc(N(CCBr)CCBr)c(C(F)(F)F)c1. The summed E-state index contributed by atoms with van der Waals surface area (Å²) in [5.74, 6) is -4.00. The number of nitrogens with zero attached hydrogens (tertiary/aromatic N) is 1. The van der Waals surface area contributed by atoms with Crippen molar-refractivity contribution in [3.63, 3.8) is 0 Å². The Labute approximate surface area is 181 Å². The fourth-order valence-electron chi connectivity index (χ4n) is 2.34. The van der Waals surface area contributed by atoms with Crippen molar-refractivity contribution in [1.29, 1.82) is 0 Å². The lowest BCUT2D eigenvalue weighted by Crippen LogP contribution is -2.36. The number of aliphatic carboxylic acids is 1. The number of alkyl halides is 5. The van der Waals surface area contributed by atoms with Crippen LogP contribution in [0.5, 0.6) is 0 Å². The van der Waals surface area contributed by atoms with E-state index in [2.05, 4.69) is 36.6 Å². The van der Waals surface area contributed by atoms with E-state index in [-0.39, 0.29) is 12.1 Å². The van der Waals surface area contributed by atoms with Crippen LogP contribution >= 0.6 is 31.9 Å². The van der Waals surface area contributed by atoms with Gasteiger partial charge in [-0.2, -0.15) is 13.2 Å². The molecule has 0 unspecified atom stereocenters. The molecule has 29 heavy (non-hydrogen) atoms. The van der Waals surface area contributed by atoms with Crippen LogP contribution in [0, 0.1) is 0 Å². The summed E-state index contributed by atoms with van der Waals surface area (Å²) in [6, 6.07) is 1.42. The molecule has 1 rings (SSSR count). The maximum absolute atomic E-state index is 13.5. The molecule has 0 heterocycles. The number of carbonyl (C=O) groups excluding carboxylic acids is 3. The standard InChI is InChI=1S/C17H19Br2F3N2O5/c18-5-7-24(8-6-19)13-3-1-10(9-11(13)17(20,21)22)15(27)29-16(28)12(23)2-4-14(25)26/h1,3,9,12H,2,4-8,23H2,(H,25,26)/p-1/t12-/m0/s1. The van der Waals surface area contributed by atoms with Crippen molar-refractivity contribution < 1.29 is 37.4 Å². The Kier molecular flexibility index (Phi) is 10.1. The Hall–Kier alpha value is -1.66. The van der Waals surface area contributed by atoms with Crippen molar-refractivity contribution in [1.82, 2.24) is 0 Å². The molecule has 162 valence electrons. The number of ether oxygens (including phenoxy) is 1. The topological polar surface area (TPSA) is 113 Å². The number of esters is 2. The largest absolute Gasteiger partial charge is 0.550 e. The van der Waals surface area contributed by atoms with Crippen molar-refractivity contribution in [2.45, 2.75) is 25.1 Å². The molecule has 0 aliphatic rings. The van der Waals surface area contributed by atoms with Crippen LogP contribution in [0.4, 0.5) is 18.9 Å². The normalized spacial score (nSPS) is 12.3. The Morgan fingerprint density at radius 3 is 2.24 bits per heavy atom. The zero-order valence-electron chi connectivity index (χ0n) is 15.0. The second-order valence-electron chi connectivity index (χ2n) is 5.82. The molecule has 2 N–H and O–H groups in total. The minimum absolute atomic E-state index is 0.120. The Morgan fingerprint density at radius 2 is 1.76 bits per heavy atom. The molecule has 0 aromatic heterocycles. The number of carboxylic acids is 1. The minimum atomic E-state index is -4.75. The first kappa shape index (κ1) is 25.4. The molecule has 1 atom stereocenters. The first-order valence-corrected chi connectivity index (χ1v) is 10.5. The Morgan fingerprint density at radius 1 is 1.17 bits per heavy atom. The number of carbonyl (C=O) groups is 3. The van der Waals surface area contributed by atoms with Gasteiger partial charge in [0.2, 0.25) is 0 Å². The maximum atomic E-state index is 13.5. The predicted octanol–water partition coefficient (Wildman–Crippen LogP) is 1.84. The molecular weight excluding hydrogens is 529 g/mol. The number of carboxylic acid groups (broad SMARTS) is 1. The lowest BCUT2D eigenvalue weighted by Gasteiger charge is -2.27. The lowest BCUT2D eigenvalue weighted by atomic mass is 10.1. The van der Waals surface area contributed by atoms with E-state index >= 15 is 0 Å². The van der Waals surface area contributed by atoms with E-state index in [1.54, 1.807) is 0 Å². The van der Waals surface area contributed by atoms with Crippen molar-refractivity contribution in [2.75, 3.05) is 28.6 Å². The average molecular weight is 547 g/mol. The first-order valence-electron chi connectivity index (χ1n) is 8.30. The number of rotatable bonds is 10. The predicted molar refractivity (Wildman–Crippen MR) is 104 cm³/mol. The van der Waals surface area contributed by atoms with Gasteiger partial charge in [-0.05, 0) is 31.0 Å². The number of anilines is 1. The van der Waals surface area contributed by atoms with Crippen LogP contribution in [-0.4, -0.2) is 47.7 Å². The molecule has 0 fully saturated rings. The van der Waals surface area contributed by atoms with Gasteiger partial charge in [0, 0.05) is 35.4 Å². The van der Waals surface area contributed by atoms with Gasteiger partial charge in [-0.1, -0.05) is 31.9 Å². The van der Waals surface area contributed by atoms with Gasteiger partial charge in [0.05, 0.1) is 11.1 Å². The summed E-state index contributed by atoms with van der Waals surface area (Å²) < 4.78 is 45.1. The van der Waals surface area contributed by atoms with E-state index < -0.39 is 47.7 Å². The number of halogens is 5. The van der Waals surface area contributed by atoms with Gasteiger partial charge in [-0.15, -0.1) is 0 Å². The van der Waals surface area contributed by atoms with Crippen molar-refractivity contribution in [2.24, 2.45) is 5.73 Å². The van der Waals surface area contributed by atoms with Gasteiger partial charge in [0.1, 0.15) is 6.04 Å². The van der Waals surface area contributed by atoms with Gasteiger partial charge in [-0.3, -0.25) is 0 Å². The summed E-state index contributed by atoms with van der Waals surface area (Å²) in [4.78, 5) is 35.7. The van der Waals surface area contributed by atoms with E-state index in [0.717, 1.165) is 12.1 Å². The minimum Gasteiger partial charge on any atom is -0.550 e. The van der Waals surface area contributed by atoms with E-state index in [4.69, 9.17) is 5.73 Å². The third kappa shape index (κ3) is 7.94. The third-order valence-electron chi connectivity index (χ3n) is 3.74. The highest BCUT2D eigenvalue weighted by Gasteiger charge is 2.36. The van der Waals surface area contributed by atoms with E-state index in [9.17, 15) is 32.7 Å². The van der Waals surface area contributed by atoms with Crippen LogP contribution in [0.25, 0.3) is 0 Å². The van der Waals surface area contributed by atoms with Crippen LogP contribution in [0.15, 0.2) is 18.2 Å². The summed E-state index contributed by atoms with van der Waals surface area (Å²) in [5, 5.41) is 11.2. The summed E-state index contributed by atoms with van der Waals surface area (Å²) in [6.45, 7) is 0.592. The second-order valence-corrected chi connectivity index (χ2v) is 7.41. The van der Waals surface area contributed by atoms with Crippen molar-refractivity contribution in [3.8, 4) is 0 Å². The molecular formula is C17H18Br2F3N2O5-. The molecule has 0 aliphatic carbocycles. The van der Waals surface area contributed by atoms with Crippen molar-refractivity contribution >= 4 is 55.5 Å². The van der Waals surface area contributed by atoms with Gasteiger partial charge >= 0.3 is 18.1 Å². The molecule has 0 bridgehead atoms. The van der Waals surface area contributed by atoms with Gasteiger partial charge in [-0.25, -0.2) is 9.59 Å². The molecule has 1 aromatic carbocycles. The van der Waals surface area contributed by atoms with E-state index in [0.29, 0.717) is 29.8 Å². The quantitative estimate of drug-likeness (QED) is 0.271. The number of hydrogen-bond donors (Lipinski definition) is 1. The number of nitrogens with two attached hydrogens (primary N) is 1. The summed E-state index contributed by atoms with van der Waals surface area (Å²) in [6.07, 6.45) is -5.62. The van der Waals surface area contributed by atoms with Crippen LogP contribution in [0.1, 0.15) is 28.8 Å². The number of hydrogen-bond acceptors (Lipinski definition) is 7. The van der Waals surface area contributed by atoms with Crippen molar-refractivity contribution in [3.05, 3.63) is 29.3 Å². The van der Waals surface area contributed by atoms with Gasteiger partial charge < -0.3 is 25.3 Å². The molecule has 0 saturated heterocycles. The summed E-state index contributed by atoms with van der Waals surface area (Å²) in [7, 11) is 0. The summed E-state index contributed by atoms with van der Waals surface area (Å²) in [5.41, 5.74) is 3.75. The first-order chi connectivity index (χ1) is 13.5. The zero-order chi connectivity index (χ0) is 22.2. The van der Waals surface area contributed by atoms with Crippen LogP contribution in [0.3, 0.4) is 0 Å². The number of benzene rings is 1. The molecule has 0 spiro atoms. The molecule has 0 radical (unpaired) electrons. The Bertz CT molecular complexity index is 740. The molecule has 7 nitrogen and oxygen atoms in total. The smallest absolute Gasteiger partial charge is 0.418 e. The summed E-state index contributed by atoms with van der Waals surface area (Å²) >= 11 is 6.38. The Balaban J connectivity index is 3.09. The highest BCUT2D eigenvalue weighted by Crippen LogP contribution is 2.37. The van der Waals surface area contributed by atoms with Crippen LogP contribution in [-0.2, 0) is 20.5 Å². The molecule has 0 saturated carbocycles. The molecule has 0 amide bonds. The highest BCUT2D eigenvalue weighted by atomic mass is 79.9. The third-order valence-corrected chi connectivity index (χ3v) is 4.45.